The van der Waals surface area contributed by atoms with E-state index in [1.807, 2.05) is 48.5 Å². The van der Waals surface area contributed by atoms with Gasteiger partial charge in [0.1, 0.15) is 0 Å². The molecule has 4 aromatic rings. The molecule has 0 atom stereocenters. The van der Waals surface area contributed by atoms with Gasteiger partial charge in [0.25, 0.3) is 11.5 Å². The maximum Gasteiger partial charge on any atom is 0.310 e. The topological polar surface area (TPSA) is 96.8 Å². The van der Waals surface area contributed by atoms with Gasteiger partial charge in [-0.15, -0.1) is 0 Å². The predicted octanol–water partition coefficient (Wildman–Crippen LogP) is 3.19. The molecule has 1 aliphatic heterocycles. The average Bonchev–Trinajstić information content (AvgIpc) is 3.11. The van der Waals surface area contributed by atoms with Gasteiger partial charge < -0.3 is 4.74 Å². The monoisotopic (exact) mass is 456 g/mol. The lowest BCUT2D eigenvalue weighted by Crippen LogP contribution is -2.31. The van der Waals surface area contributed by atoms with Gasteiger partial charge in [0.05, 0.1) is 17.8 Å². The van der Waals surface area contributed by atoms with Crippen LogP contribution in [0, 0.1) is 13.8 Å². The zero-order valence-corrected chi connectivity index (χ0v) is 19.0. The second-order valence-electron chi connectivity index (χ2n) is 8.40. The van der Waals surface area contributed by atoms with Crippen molar-refractivity contribution in [3.63, 3.8) is 0 Å². The highest BCUT2D eigenvalue weighted by Gasteiger charge is 2.26. The van der Waals surface area contributed by atoms with Gasteiger partial charge in [0.15, 0.2) is 12.3 Å². The predicted molar refractivity (Wildman–Crippen MR) is 127 cm³/mol. The van der Waals surface area contributed by atoms with Gasteiger partial charge in [0.2, 0.25) is 0 Å². The fourth-order valence-electron chi connectivity index (χ4n) is 4.56. The lowest BCUT2D eigenvalue weighted by Gasteiger charge is -2.24. The number of hydrogen-bond acceptors (Lipinski definition) is 5. The third-order valence-electron chi connectivity index (χ3n) is 6.26. The Bertz CT molecular complexity index is 1440. The molecular weight excluding hydrogens is 432 g/mol. The van der Waals surface area contributed by atoms with Gasteiger partial charge in [-0.1, -0.05) is 36.4 Å². The van der Waals surface area contributed by atoms with Crippen LogP contribution in [-0.2, 0) is 33.6 Å². The molecule has 0 saturated carbocycles. The Labute approximate surface area is 195 Å². The van der Waals surface area contributed by atoms with E-state index in [0.29, 0.717) is 22.6 Å². The second-order valence-corrected chi connectivity index (χ2v) is 8.40. The van der Waals surface area contributed by atoms with E-state index in [9.17, 15) is 14.4 Å². The standard InChI is InChI=1S/C26H24N4O4/c1-16-20(17(2)30-23(27-16)14-24(31)28-30)13-26(33)34-15-25(32)29-21-9-5-3-7-18(21)11-12-19-8-4-6-10-22(19)29/h3-10,14H,11-13,15H2,1-2H3,(H,28,31). The molecule has 0 unspecified atom stereocenters. The highest BCUT2D eigenvalue weighted by atomic mass is 16.5. The van der Waals surface area contributed by atoms with Crippen LogP contribution in [0.1, 0.15) is 28.1 Å². The number of H-pyrrole nitrogens is 1. The third-order valence-corrected chi connectivity index (χ3v) is 6.26. The van der Waals surface area contributed by atoms with Crippen LogP contribution in [0.25, 0.3) is 5.65 Å². The molecule has 34 heavy (non-hydrogen) atoms. The number of amides is 1. The first kappa shape index (κ1) is 21.6. The summed E-state index contributed by atoms with van der Waals surface area (Å²) in [6.45, 7) is 3.20. The van der Waals surface area contributed by atoms with Gasteiger partial charge >= 0.3 is 5.97 Å². The van der Waals surface area contributed by atoms with E-state index in [-0.39, 0.29) is 24.5 Å². The first-order valence-electron chi connectivity index (χ1n) is 11.1. The Morgan fingerprint density at radius 3 is 2.26 bits per heavy atom. The maximum atomic E-state index is 13.3. The number of aryl methyl sites for hydroxylation is 4. The van der Waals surface area contributed by atoms with Crippen molar-refractivity contribution in [2.24, 2.45) is 0 Å². The van der Waals surface area contributed by atoms with Crippen molar-refractivity contribution in [3.8, 4) is 0 Å². The minimum absolute atomic E-state index is 0.0543. The molecule has 8 nitrogen and oxygen atoms in total. The van der Waals surface area contributed by atoms with Gasteiger partial charge in [-0.2, -0.15) is 0 Å². The largest absolute Gasteiger partial charge is 0.455 e. The molecule has 172 valence electrons. The van der Waals surface area contributed by atoms with E-state index in [2.05, 4.69) is 10.1 Å². The molecule has 2 aromatic heterocycles. The van der Waals surface area contributed by atoms with E-state index in [4.69, 9.17) is 4.74 Å². The highest BCUT2D eigenvalue weighted by Crippen LogP contribution is 2.36. The van der Waals surface area contributed by atoms with Crippen LogP contribution < -0.4 is 10.5 Å². The highest BCUT2D eigenvalue weighted by molar-refractivity contribution is 6.03. The molecule has 0 spiro atoms. The minimum atomic E-state index is -0.536. The van der Waals surface area contributed by atoms with Crippen LogP contribution in [0.5, 0.6) is 0 Å². The summed E-state index contributed by atoms with van der Waals surface area (Å²) in [5.74, 6) is -0.849. The van der Waals surface area contributed by atoms with Crippen molar-refractivity contribution in [1.29, 1.82) is 0 Å². The van der Waals surface area contributed by atoms with E-state index in [0.717, 1.165) is 35.3 Å². The van der Waals surface area contributed by atoms with Crippen LogP contribution in [0.2, 0.25) is 0 Å². The van der Waals surface area contributed by atoms with Crippen molar-refractivity contribution < 1.29 is 14.3 Å². The number of esters is 1. The summed E-state index contributed by atoms with van der Waals surface area (Å²) in [5.41, 5.74) is 5.98. The van der Waals surface area contributed by atoms with Gasteiger partial charge in [0, 0.05) is 23.0 Å². The molecule has 2 aromatic carbocycles. The fourth-order valence-corrected chi connectivity index (χ4v) is 4.56. The SMILES string of the molecule is Cc1nc2cc(=O)[nH]n2c(C)c1CC(=O)OCC(=O)N1c2ccccc2CCc2ccccc21. The number of aromatic amines is 1. The van der Waals surface area contributed by atoms with Crippen LogP contribution in [0.15, 0.2) is 59.4 Å². The normalized spacial score (nSPS) is 12.7. The van der Waals surface area contributed by atoms with E-state index in [1.54, 1.807) is 23.3 Å². The van der Waals surface area contributed by atoms with E-state index < -0.39 is 5.97 Å². The number of anilines is 2. The molecule has 1 amide bonds. The first-order valence-corrected chi connectivity index (χ1v) is 11.1. The number of nitrogens with one attached hydrogen (secondary N) is 1. The van der Waals surface area contributed by atoms with Crippen molar-refractivity contribution in [1.82, 2.24) is 14.6 Å². The molecule has 0 radical (unpaired) electrons. The lowest BCUT2D eigenvalue weighted by molar-refractivity contribution is -0.147. The fraction of sp³-hybridized carbons (Fsp3) is 0.231. The molecule has 5 rings (SSSR count). The van der Waals surface area contributed by atoms with Crippen molar-refractivity contribution in [3.05, 3.63) is 93.0 Å². The number of ether oxygens (including phenoxy) is 1. The Morgan fingerprint density at radius 1 is 1.00 bits per heavy atom. The Balaban J connectivity index is 1.37. The average molecular weight is 457 g/mol. The van der Waals surface area contributed by atoms with E-state index in [1.165, 1.54) is 6.07 Å². The summed E-state index contributed by atoms with van der Waals surface area (Å²) >= 11 is 0. The summed E-state index contributed by atoms with van der Waals surface area (Å²) in [5, 5.41) is 2.67. The zero-order valence-electron chi connectivity index (χ0n) is 19.0. The minimum Gasteiger partial charge on any atom is -0.455 e. The number of benzene rings is 2. The molecule has 1 aliphatic rings. The summed E-state index contributed by atoms with van der Waals surface area (Å²) in [6.07, 6.45) is 1.60. The first-order chi connectivity index (χ1) is 16.4. The van der Waals surface area contributed by atoms with Gasteiger partial charge in [-0.05, 0) is 49.9 Å². The van der Waals surface area contributed by atoms with Crippen LogP contribution in [0.4, 0.5) is 11.4 Å². The van der Waals surface area contributed by atoms with Crippen molar-refractivity contribution in [2.45, 2.75) is 33.1 Å². The van der Waals surface area contributed by atoms with E-state index >= 15 is 0 Å². The molecular formula is C26H24N4O4. The summed E-state index contributed by atoms with van der Waals surface area (Å²) in [7, 11) is 0. The summed E-state index contributed by atoms with van der Waals surface area (Å²) < 4.78 is 6.97. The summed E-state index contributed by atoms with van der Waals surface area (Å²) in [6, 6.07) is 17.0. The number of rotatable bonds is 4. The molecule has 8 heteroatoms. The Morgan fingerprint density at radius 2 is 1.62 bits per heavy atom. The smallest absolute Gasteiger partial charge is 0.310 e. The van der Waals surface area contributed by atoms with Gasteiger partial charge in [-0.25, -0.2) is 9.50 Å². The van der Waals surface area contributed by atoms with Gasteiger partial charge in [-0.3, -0.25) is 24.4 Å². The molecule has 0 aliphatic carbocycles. The number of carbonyl (C=O) groups excluding carboxylic acids is 2. The number of fused-ring (bicyclic) bond motifs is 3. The molecule has 3 heterocycles. The zero-order chi connectivity index (χ0) is 23.8. The molecule has 1 N–H and O–H groups in total. The van der Waals surface area contributed by atoms with Crippen LogP contribution >= 0.6 is 0 Å². The van der Waals surface area contributed by atoms with Crippen molar-refractivity contribution in [2.75, 3.05) is 11.5 Å². The second kappa shape index (κ2) is 8.62. The quantitative estimate of drug-likeness (QED) is 0.476. The molecule has 0 bridgehead atoms. The third kappa shape index (κ3) is 3.87. The Hall–Kier alpha value is -4.20. The number of nitrogens with zero attached hydrogens (tertiary/aromatic N) is 3. The van der Waals surface area contributed by atoms with Crippen molar-refractivity contribution >= 4 is 28.9 Å². The van der Waals surface area contributed by atoms with Crippen LogP contribution in [-0.4, -0.2) is 33.1 Å². The molecule has 0 saturated heterocycles. The number of aromatic nitrogens is 3. The lowest BCUT2D eigenvalue weighted by atomic mass is 10.0. The number of hydrogen-bond donors (Lipinski definition) is 1. The Kier molecular flexibility index (Phi) is 5.49. The number of para-hydroxylation sites is 2. The number of carbonyl (C=O) groups is 2. The van der Waals surface area contributed by atoms with Crippen LogP contribution in [0.3, 0.4) is 0 Å². The molecule has 0 fully saturated rings. The maximum absolute atomic E-state index is 13.3. The summed E-state index contributed by atoms with van der Waals surface area (Å²) in [4.78, 5) is 43.7.